The molecule has 0 spiro atoms. The maximum absolute atomic E-state index is 10.9. The van der Waals surface area contributed by atoms with Crippen LogP contribution < -0.4 is 15.2 Å². The molecule has 0 unspecified atom stereocenters. The van der Waals surface area contributed by atoms with Crippen LogP contribution in [0.1, 0.15) is 0 Å². The molecule has 2 aromatic rings. The molecular weight excluding hydrogens is 250 g/mol. The smallest absolute Gasteiger partial charge is 0.314 e. The molecule has 0 saturated carbocycles. The summed E-state index contributed by atoms with van der Waals surface area (Å²) in [4.78, 5) is 14.2. The Morgan fingerprint density at radius 1 is 1.26 bits per heavy atom. The van der Waals surface area contributed by atoms with Crippen molar-refractivity contribution in [2.75, 3.05) is 12.8 Å². The first-order valence-corrected chi connectivity index (χ1v) is 5.31. The standard InChI is InChI=1S/C12H11N3O4/c1-18-12-3-2-9(5-11(12)15(16)17)19-10-4-8(13)6-14-7-10/h2-7H,13H2,1H3. The van der Waals surface area contributed by atoms with Gasteiger partial charge in [0.2, 0.25) is 0 Å². The fourth-order valence-corrected chi connectivity index (χ4v) is 1.50. The minimum Gasteiger partial charge on any atom is -0.490 e. The number of hydrogen-bond donors (Lipinski definition) is 1. The summed E-state index contributed by atoms with van der Waals surface area (Å²) in [5, 5.41) is 10.9. The number of rotatable bonds is 4. The number of pyridine rings is 1. The number of nitrogens with zero attached hydrogens (tertiary/aromatic N) is 2. The van der Waals surface area contributed by atoms with Crippen molar-refractivity contribution in [3.63, 3.8) is 0 Å². The van der Waals surface area contributed by atoms with Gasteiger partial charge >= 0.3 is 5.69 Å². The molecule has 19 heavy (non-hydrogen) atoms. The van der Waals surface area contributed by atoms with Crippen LogP contribution in [0, 0.1) is 10.1 Å². The van der Waals surface area contributed by atoms with Crippen LogP contribution in [-0.2, 0) is 0 Å². The van der Waals surface area contributed by atoms with Gasteiger partial charge in [-0.25, -0.2) is 0 Å². The SMILES string of the molecule is COc1ccc(Oc2cncc(N)c2)cc1[N+](=O)[O-]. The molecule has 1 aromatic heterocycles. The topological polar surface area (TPSA) is 101 Å². The molecule has 2 rings (SSSR count). The Kier molecular flexibility index (Phi) is 3.46. The van der Waals surface area contributed by atoms with E-state index in [-0.39, 0.29) is 11.4 Å². The third-order valence-electron chi connectivity index (χ3n) is 2.32. The normalized spacial score (nSPS) is 9.95. The van der Waals surface area contributed by atoms with Crippen molar-refractivity contribution in [1.29, 1.82) is 0 Å². The first-order chi connectivity index (χ1) is 9.10. The fourth-order valence-electron chi connectivity index (χ4n) is 1.50. The zero-order valence-electron chi connectivity index (χ0n) is 10.1. The number of nitrogen functional groups attached to an aromatic ring is 1. The summed E-state index contributed by atoms with van der Waals surface area (Å²) in [6, 6.07) is 5.88. The third-order valence-corrected chi connectivity index (χ3v) is 2.32. The number of methoxy groups -OCH3 is 1. The van der Waals surface area contributed by atoms with Crippen molar-refractivity contribution < 1.29 is 14.4 Å². The largest absolute Gasteiger partial charge is 0.490 e. The number of ether oxygens (including phenoxy) is 2. The quantitative estimate of drug-likeness (QED) is 0.669. The first-order valence-electron chi connectivity index (χ1n) is 5.31. The van der Waals surface area contributed by atoms with Gasteiger partial charge in [0.15, 0.2) is 5.75 Å². The molecule has 1 aromatic carbocycles. The van der Waals surface area contributed by atoms with Crippen molar-refractivity contribution in [3.8, 4) is 17.2 Å². The van der Waals surface area contributed by atoms with Gasteiger partial charge in [0.05, 0.1) is 36.2 Å². The van der Waals surface area contributed by atoms with E-state index in [2.05, 4.69) is 4.98 Å². The Bertz CT molecular complexity index is 616. The Morgan fingerprint density at radius 2 is 2.05 bits per heavy atom. The second-order valence-electron chi connectivity index (χ2n) is 3.65. The van der Waals surface area contributed by atoms with E-state index >= 15 is 0 Å². The first kappa shape index (κ1) is 12.6. The van der Waals surface area contributed by atoms with Gasteiger partial charge in [-0.3, -0.25) is 15.1 Å². The third kappa shape index (κ3) is 2.89. The maximum atomic E-state index is 10.9. The van der Waals surface area contributed by atoms with Gasteiger partial charge in [0.1, 0.15) is 11.5 Å². The summed E-state index contributed by atoms with van der Waals surface area (Å²) < 4.78 is 10.3. The number of hydrogen-bond acceptors (Lipinski definition) is 6. The molecule has 0 fully saturated rings. The summed E-state index contributed by atoms with van der Waals surface area (Å²) in [7, 11) is 1.37. The van der Waals surface area contributed by atoms with Gasteiger partial charge in [-0.1, -0.05) is 0 Å². The average Bonchev–Trinajstić information content (AvgIpc) is 2.38. The lowest BCUT2D eigenvalue weighted by molar-refractivity contribution is -0.385. The maximum Gasteiger partial charge on any atom is 0.314 e. The fraction of sp³-hybridized carbons (Fsp3) is 0.0833. The highest BCUT2D eigenvalue weighted by molar-refractivity contribution is 5.52. The van der Waals surface area contributed by atoms with Gasteiger partial charge in [0, 0.05) is 6.07 Å². The Labute approximate surface area is 108 Å². The number of nitrogens with two attached hydrogens (primary N) is 1. The zero-order chi connectivity index (χ0) is 13.8. The molecule has 0 saturated heterocycles. The van der Waals surface area contributed by atoms with Gasteiger partial charge in [0.25, 0.3) is 0 Å². The van der Waals surface area contributed by atoms with E-state index < -0.39 is 4.92 Å². The van der Waals surface area contributed by atoms with Crippen molar-refractivity contribution in [2.24, 2.45) is 0 Å². The number of anilines is 1. The minimum atomic E-state index is -0.538. The molecule has 0 bridgehead atoms. The van der Waals surface area contributed by atoms with Crippen molar-refractivity contribution in [3.05, 3.63) is 46.8 Å². The summed E-state index contributed by atoms with van der Waals surface area (Å²) in [6.45, 7) is 0. The molecule has 0 aliphatic carbocycles. The van der Waals surface area contributed by atoms with E-state index in [0.29, 0.717) is 17.2 Å². The number of nitro groups is 1. The number of aromatic nitrogens is 1. The zero-order valence-corrected chi connectivity index (χ0v) is 10.1. The van der Waals surface area contributed by atoms with Crippen LogP contribution in [0.15, 0.2) is 36.7 Å². The molecule has 0 aliphatic rings. The highest BCUT2D eigenvalue weighted by Gasteiger charge is 2.16. The van der Waals surface area contributed by atoms with E-state index in [4.69, 9.17) is 15.2 Å². The summed E-state index contributed by atoms with van der Waals surface area (Å²) in [5.41, 5.74) is 5.84. The van der Waals surface area contributed by atoms with Crippen molar-refractivity contribution in [2.45, 2.75) is 0 Å². The lowest BCUT2D eigenvalue weighted by atomic mass is 10.3. The van der Waals surface area contributed by atoms with E-state index in [1.807, 2.05) is 0 Å². The molecule has 0 atom stereocenters. The second-order valence-corrected chi connectivity index (χ2v) is 3.65. The van der Waals surface area contributed by atoms with Gasteiger partial charge < -0.3 is 15.2 Å². The summed E-state index contributed by atoms with van der Waals surface area (Å²) in [6.07, 6.45) is 2.94. The Hall–Kier alpha value is -2.83. The molecule has 0 radical (unpaired) electrons. The predicted octanol–water partition coefficient (Wildman–Crippen LogP) is 2.37. The van der Waals surface area contributed by atoms with E-state index in [0.717, 1.165) is 0 Å². The van der Waals surface area contributed by atoms with Crippen LogP contribution in [0.3, 0.4) is 0 Å². The number of nitro benzene ring substituents is 1. The van der Waals surface area contributed by atoms with E-state index in [1.165, 1.54) is 31.6 Å². The molecule has 7 heteroatoms. The molecule has 98 valence electrons. The van der Waals surface area contributed by atoms with Crippen molar-refractivity contribution in [1.82, 2.24) is 4.98 Å². The average molecular weight is 261 g/mol. The Morgan fingerprint density at radius 3 is 2.68 bits per heavy atom. The van der Waals surface area contributed by atoms with Crippen LogP contribution in [0.25, 0.3) is 0 Å². The monoisotopic (exact) mass is 261 g/mol. The highest BCUT2D eigenvalue weighted by Crippen LogP contribution is 2.32. The molecule has 1 heterocycles. The summed E-state index contributed by atoms with van der Waals surface area (Å²) >= 11 is 0. The van der Waals surface area contributed by atoms with Gasteiger partial charge in [-0.05, 0) is 12.1 Å². The lowest BCUT2D eigenvalue weighted by Gasteiger charge is -2.07. The van der Waals surface area contributed by atoms with E-state index in [1.54, 1.807) is 12.1 Å². The Balaban J connectivity index is 2.31. The molecule has 2 N–H and O–H groups in total. The second kappa shape index (κ2) is 5.21. The molecule has 0 aliphatic heterocycles. The van der Waals surface area contributed by atoms with Crippen LogP contribution in [0.5, 0.6) is 17.2 Å². The molecule has 7 nitrogen and oxygen atoms in total. The van der Waals surface area contributed by atoms with Crippen molar-refractivity contribution >= 4 is 11.4 Å². The summed E-state index contributed by atoms with van der Waals surface area (Å²) in [5.74, 6) is 0.877. The molecular formula is C12H11N3O4. The van der Waals surface area contributed by atoms with E-state index in [9.17, 15) is 10.1 Å². The van der Waals surface area contributed by atoms with Crippen LogP contribution in [-0.4, -0.2) is 17.0 Å². The van der Waals surface area contributed by atoms with Crippen LogP contribution >= 0.6 is 0 Å². The minimum absolute atomic E-state index is 0.169. The van der Waals surface area contributed by atoms with Gasteiger partial charge in [-0.15, -0.1) is 0 Å². The highest BCUT2D eigenvalue weighted by atomic mass is 16.6. The molecule has 0 amide bonds. The predicted molar refractivity (Wildman–Crippen MR) is 68.4 cm³/mol. The lowest BCUT2D eigenvalue weighted by Crippen LogP contribution is -1.95. The van der Waals surface area contributed by atoms with Gasteiger partial charge in [-0.2, -0.15) is 0 Å². The van der Waals surface area contributed by atoms with Crippen LogP contribution in [0.2, 0.25) is 0 Å². The number of benzene rings is 1. The van der Waals surface area contributed by atoms with Crippen LogP contribution in [0.4, 0.5) is 11.4 Å².